The third-order valence-electron chi connectivity index (χ3n) is 4.67. The molecular formula is C15H26F3NO. The molecule has 0 radical (unpaired) electrons. The molecule has 0 aromatic carbocycles. The molecular weight excluding hydrogens is 267 g/mol. The largest absolute Gasteiger partial charge is 0.411 e. The molecule has 20 heavy (non-hydrogen) atoms. The molecule has 4 unspecified atom stereocenters. The Morgan fingerprint density at radius 1 is 1.05 bits per heavy atom. The van der Waals surface area contributed by atoms with Crippen molar-refractivity contribution in [2.75, 3.05) is 6.61 Å². The molecule has 4 atom stereocenters. The standard InChI is InChI=1S/C15H26F3NO/c1-11-5-2-3-8-14(11)19-12-6-4-7-13(9-12)20-10-15(16,17)18/h11-14,19H,2-10H2,1H3. The Morgan fingerprint density at radius 3 is 2.50 bits per heavy atom. The summed E-state index contributed by atoms with van der Waals surface area (Å²) in [4.78, 5) is 0. The first-order valence-electron chi connectivity index (χ1n) is 7.88. The summed E-state index contributed by atoms with van der Waals surface area (Å²) >= 11 is 0. The van der Waals surface area contributed by atoms with Gasteiger partial charge in [0.05, 0.1) is 6.10 Å². The van der Waals surface area contributed by atoms with E-state index in [9.17, 15) is 13.2 Å². The second kappa shape index (κ2) is 7.12. The van der Waals surface area contributed by atoms with Gasteiger partial charge in [0.25, 0.3) is 0 Å². The summed E-state index contributed by atoms with van der Waals surface area (Å²) in [6.07, 6.45) is 4.10. The van der Waals surface area contributed by atoms with E-state index in [4.69, 9.17) is 4.74 Å². The summed E-state index contributed by atoms with van der Waals surface area (Å²) < 4.78 is 41.6. The van der Waals surface area contributed by atoms with Crippen LogP contribution >= 0.6 is 0 Å². The van der Waals surface area contributed by atoms with Crippen LogP contribution in [0.15, 0.2) is 0 Å². The van der Waals surface area contributed by atoms with E-state index in [0.29, 0.717) is 18.0 Å². The second-order valence-corrected chi connectivity index (χ2v) is 6.45. The number of ether oxygens (including phenoxy) is 1. The van der Waals surface area contributed by atoms with Gasteiger partial charge in [-0.15, -0.1) is 0 Å². The average molecular weight is 293 g/mol. The lowest BCUT2D eigenvalue weighted by atomic mass is 9.84. The molecule has 5 heteroatoms. The number of hydrogen-bond acceptors (Lipinski definition) is 2. The molecule has 2 rings (SSSR count). The third kappa shape index (κ3) is 5.24. The number of halogens is 3. The maximum absolute atomic E-state index is 12.2. The van der Waals surface area contributed by atoms with Crippen molar-refractivity contribution in [3.05, 3.63) is 0 Å². The van der Waals surface area contributed by atoms with E-state index in [-0.39, 0.29) is 6.10 Å². The maximum atomic E-state index is 12.2. The lowest BCUT2D eigenvalue weighted by Crippen LogP contribution is -2.46. The van der Waals surface area contributed by atoms with Crippen LogP contribution < -0.4 is 5.32 Å². The molecule has 2 aliphatic rings. The Morgan fingerprint density at radius 2 is 1.80 bits per heavy atom. The van der Waals surface area contributed by atoms with E-state index in [1.807, 2.05) is 0 Å². The highest BCUT2D eigenvalue weighted by Gasteiger charge is 2.32. The molecule has 2 saturated carbocycles. The van der Waals surface area contributed by atoms with Crippen LogP contribution in [0, 0.1) is 5.92 Å². The van der Waals surface area contributed by atoms with Gasteiger partial charge in [0, 0.05) is 12.1 Å². The van der Waals surface area contributed by atoms with Gasteiger partial charge in [-0.1, -0.05) is 19.8 Å². The minimum absolute atomic E-state index is 0.234. The Labute approximate surface area is 119 Å². The predicted molar refractivity (Wildman–Crippen MR) is 72.6 cm³/mol. The molecule has 2 nitrogen and oxygen atoms in total. The van der Waals surface area contributed by atoms with E-state index < -0.39 is 12.8 Å². The zero-order valence-electron chi connectivity index (χ0n) is 12.2. The van der Waals surface area contributed by atoms with E-state index >= 15 is 0 Å². The monoisotopic (exact) mass is 293 g/mol. The van der Waals surface area contributed by atoms with Crippen LogP contribution in [0.25, 0.3) is 0 Å². The van der Waals surface area contributed by atoms with Crippen LogP contribution in [0.3, 0.4) is 0 Å². The first-order chi connectivity index (χ1) is 9.44. The number of hydrogen-bond donors (Lipinski definition) is 1. The quantitative estimate of drug-likeness (QED) is 0.844. The van der Waals surface area contributed by atoms with Gasteiger partial charge in [0.15, 0.2) is 0 Å². The van der Waals surface area contributed by atoms with E-state index in [0.717, 1.165) is 25.7 Å². The molecule has 0 aliphatic heterocycles. The summed E-state index contributed by atoms with van der Waals surface area (Å²) in [5.74, 6) is 0.681. The van der Waals surface area contributed by atoms with Gasteiger partial charge in [-0.25, -0.2) is 0 Å². The number of rotatable bonds is 4. The maximum Gasteiger partial charge on any atom is 0.411 e. The van der Waals surface area contributed by atoms with Crippen molar-refractivity contribution in [2.45, 2.75) is 82.7 Å². The summed E-state index contributed by atoms with van der Waals surface area (Å²) in [5.41, 5.74) is 0. The minimum Gasteiger partial charge on any atom is -0.369 e. The minimum atomic E-state index is -4.21. The van der Waals surface area contributed by atoms with E-state index in [1.54, 1.807) is 0 Å². The highest BCUT2D eigenvalue weighted by Crippen LogP contribution is 2.28. The summed E-state index contributed by atoms with van der Waals surface area (Å²) in [7, 11) is 0. The van der Waals surface area contributed by atoms with Gasteiger partial charge in [-0.2, -0.15) is 13.2 Å². The second-order valence-electron chi connectivity index (χ2n) is 6.45. The van der Waals surface area contributed by atoms with Crippen molar-refractivity contribution in [3.63, 3.8) is 0 Å². The van der Waals surface area contributed by atoms with Crippen LogP contribution in [0.5, 0.6) is 0 Å². The van der Waals surface area contributed by atoms with Crippen LogP contribution in [-0.2, 0) is 4.74 Å². The molecule has 0 saturated heterocycles. The van der Waals surface area contributed by atoms with Crippen molar-refractivity contribution in [1.29, 1.82) is 0 Å². The molecule has 0 bridgehead atoms. The van der Waals surface area contributed by atoms with E-state index in [2.05, 4.69) is 12.2 Å². The van der Waals surface area contributed by atoms with E-state index in [1.165, 1.54) is 25.7 Å². The molecule has 0 heterocycles. The van der Waals surface area contributed by atoms with Gasteiger partial charge in [0.2, 0.25) is 0 Å². The smallest absolute Gasteiger partial charge is 0.369 e. The fourth-order valence-electron chi connectivity index (χ4n) is 3.53. The molecule has 118 valence electrons. The fraction of sp³-hybridized carbons (Fsp3) is 1.00. The summed E-state index contributed by atoms with van der Waals surface area (Å²) in [6.45, 7) is 1.17. The molecule has 1 N–H and O–H groups in total. The van der Waals surface area contributed by atoms with Crippen molar-refractivity contribution >= 4 is 0 Å². The van der Waals surface area contributed by atoms with Gasteiger partial charge in [-0.3, -0.25) is 0 Å². The summed E-state index contributed by atoms with van der Waals surface area (Å²) in [5, 5.41) is 3.67. The number of nitrogens with one attached hydrogen (secondary N) is 1. The van der Waals surface area contributed by atoms with Gasteiger partial charge in [-0.05, 0) is 44.4 Å². The Balaban J connectivity index is 1.75. The van der Waals surface area contributed by atoms with Gasteiger partial charge < -0.3 is 10.1 Å². The fourth-order valence-corrected chi connectivity index (χ4v) is 3.53. The van der Waals surface area contributed by atoms with Gasteiger partial charge >= 0.3 is 6.18 Å². The molecule has 0 aromatic rings. The van der Waals surface area contributed by atoms with Crippen molar-refractivity contribution < 1.29 is 17.9 Å². The normalized spacial score (nSPS) is 36.0. The van der Waals surface area contributed by atoms with Crippen LogP contribution in [0.2, 0.25) is 0 Å². The zero-order valence-corrected chi connectivity index (χ0v) is 12.2. The average Bonchev–Trinajstić information content (AvgIpc) is 2.39. The van der Waals surface area contributed by atoms with Crippen molar-refractivity contribution in [2.24, 2.45) is 5.92 Å². The highest BCUT2D eigenvalue weighted by atomic mass is 19.4. The third-order valence-corrected chi connectivity index (χ3v) is 4.67. The molecule has 0 aromatic heterocycles. The topological polar surface area (TPSA) is 21.3 Å². The first-order valence-corrected chi connectivity index (χ1v) is 7.88. The zero-order chi connectivity index (χ0) is 14.6. The molecule has 2 aliphatic carbocycles. The molecule has 0 spiro atoms. The SMILES string of the molecule is CC1CCCCC1NC1CCCC(OCC(F)(F)F)C1. The lowest BCUT2D eigenvalue weighted by molar-refractivity contribution is -0.188. The van der Waals surface area contributed by atoms with Crippen LogP contribution in [-0.4, -0.2) is 31.0 Å². The van der Waals surface area contributed by atoms with Crippen molar-refractivity contribution in [1.82, 2.24) is 5.32 Å². The Bertz CT molecular complexity index is 295. The highest BCUT2D eigenvalue weighted by molar-refractivity contribution is 4.85. The summed E-state index contributed by atoms with van der Waals surface area (Å²) in [6, 6.07) is 0.864. The predicted octanol–water partition coefficient (Wildman–Crippen LogP) is 4.04. The van der Waals surface area contributed by atoms with Crippen molar-refractivity contribution in [3.8, 4) is 0 Å². The Kier molecular flexibility index (Phi) is 5.73. The molecule has 0 amide bonds. The first kappa shape index (κ1) is 16.1. The number of alkyl halides is 3. The molecule has 2 fully saturated rings. The van der Waals surface area contributed by atoms with Crippen LogP contribution in [0.4, 0.5) is 13.2 Å². The van der Waals surface area contributed by atoms with Crippen LogP contribution in [0.1, 0.15) is 58.3 Å². The Hall–Kier alpha value is -0.290. The van der Waals surface area contributed by atoms with Gasteiger partial charge in [0.1, 0.15) is 6.61 Å². The lowest BCUT2D eigenvalue weighted by Gasteiger charge is -2.37.